The van der Waals surface area contributed by atoms with E-state index in [2.05, 4.69) is 17.0 Å². The molecule has 0 unspecified atom stereocenters. The van der Waals surface area contributed by atoms with E-state index < -0.39 is 0 Å². The summed E-state index contributed by atoms with van der Waals surface area (Å²) in [5.74, 6) is 1.92. The second-order valence-electron chi connectivity index (χ2n) is 7.99. The average molecular weight is 427 g/mol. The maximum Gasteiger partial charge on any atom is 0.182 e. The van der Waals surface area contributed by atoms with Crippen LogP contribution in [0.2, 0.25) is 0 Å². The summed E-state index contributed by atoms with van der Waals surface area (Å²) in [6, 6.07) is 26.1. The summed E-state index contributed by atoms with van der Waals surface area (Å²) in [5.41, 5.74) is 3.95. The van der Waals surface area contributed by atoms with E-state index in [9.17, 15) is 4.79 Å². The highest BCUT2D eigenvalue weighted by atomic mass is 16.5. The van der Waals surface area contributed by atoms with E-state index in [1.807, 2.05) is 73.7 Å². The zero-order chi connectivity index (χ0) is 22.2. The van der Waals surface area contributed by atoms with Gasteiger partial charge in [0.25, 0.3) is 0 Å². The van der Waals surface area contributed by atoms with E-state index in [0.717, 1.165) is 59.8 Å². The van der Waals surface area contributed by atoms with Crippen LogP contribution < -0.4 is 9.64 Å². The Morgan fingerprint density at radius 1 is 0.875 bits per heavy atom. The smallest absolute Gasteiger partial charge is 0.182 e. The first-order valence-corrected chi connectivity index (χ1v) is 11.5. The number of carbonyl (C=O) groups is 1. The lowest BCUT2D eigenvalue weighted by molar-refractivity contribution is 0.100. The van der Waals surface area contributed by atoms with Crippen LogP contribution in [0.3, 0.4) is 0 Å². The van der Waals surface area contributed by atoms with Gasteiger partial charge in [0.15, 0.2) is 5.78 Å². The van der Waals surface area contributed by atoms with Crippen LogP contribution in [0.5, 0.6) is 5.75 Å². The number of aliphatic imine (C=N–C) groups is 1. The van der Waals surface area contributed by atoms with E-state index in [1.54, 1.807) is 0 Å². The molecule has 1 aliphatic heterocycles. The fourth-order valence-corrected chi connectivity index (χ4v) is 4.01. The number of hydrogen-bond acceptors (Lipinski definition) is 4. The van der Waals surface area contributed by atoms with Gasteiger partial charge in [-0.2, -0.15) is 0 Å². The molecule has 0 atom stereocenters. The van der Waals surface area contributed by atoms with Crippen LogP contribution in [0, 0.1) is 0 Å². The number of hydrogen-bond donors (Lipinski definition) is 0. The van der Waals surface area contributed by atoms with E-state index in [1.165, 1.54) is 6.42 Å². The van der Waals surface area contributed by atoms with Crippen molar-refractivity contribution in [1.82, 2.24) is 0 Å². The SMILES string of the molecule is CCOc1ccc(N(CC(=O)c2ccc(-c3ccccc3)cc2)C2=NCCCCC2)cc1. The average Bonchev–Trinajstić information content (AvgIpc) is 3.13. The first-order valence-electron chi connectivity index (χ1n) is 11.5. The highest BCUT2D eigenvalue weighted by molar-refractivity contribution is 6.07. The van der Waals surface area contributed by atoms with Gasteiger partial charge in [0.2, 0.25) is 0 Å². The minimum atomic E-state index is 0.0884. The number of carbonyl (C=O) groups excluding carboxylic acids is 1. The Kier molecular flexibility index (Phi) is 7.34. The molecule has 3 aromatic rings. The Balaban J connectivity index is 1.56. The van der Waals surface area contributed by atoms with Crippen LogP contribution in [0.1, 0.15) is 43.0 Å². The molecule has 0 bridgehead atoms. The van der Waals surface area contributed by atoms with E-state index in [0.29, 0.717) is 6.61 Å². The van der Waals surface area contributed by atoms with Gasteiger partial charge >= 0.3 is 0 Å². The molecular weight excluding hydrogens is 396 g/mol. The van der Waals surface area contributed by atoms with Gasteiger partial charge in [-0.05, 0) is 55.2 Å². The predicted octanol–water partition coefficient (Wildman–Crippen LogP) is 6.41. The van der Waals surface area contributed by atoms with Crippen molar-refractivity contribution in [3.8, 4) is 16.9 Å². The maximum absolute atomic E-state index is 13.3. The third-order valence-electron chi connectivity index (χ3n) is 5.74. The number of amidine groups is 1. The molecule has 0 amide bonds. The number of nitrogens with zero attached hydrogens (tertiary/aromatic N) is 2. The summed E-state index contributed by atoms with van der Waals surface area (Å²) < 4.78 is 5.59. The van der Waals surface area contributed by atoms with Crippen molar-refractivity contribution in [3.63, 3.8) is 0 Å². The summed E-state index contributed by atoms with van der Waals surface area (Å²) in [5, 5.41) is 0. The van der Waals surface area contributed by atoms with Crippen LogP contribution in [-0.4, -0.2) is 31.3 Å². The summed E-state index contributed by atoms with van der Waals surface area (Å²) in [4.78, 5) is 20.1. The van der Waals surface area contributed by atoms with Gasteiger partial charge in [-0.25, -0.2) is 0 Å². The molecular formula is C28H30N2O2. The van der Waals surface area contributed by atoms with E-state index in [-0.39, 0.29) is 12.3 Å². The molecule has 0 fully saturated rings. The standard InChI is InChI=1S/C28H30N2O2/c1-2-32-26-18-16-25(17-19-26)30(28-11-7-4-8-20-29-28)21-27(31)24-14-12-23(13-15-24)22-9-5-3-6-10-22/h3,5-6,9-10,12-19H,2,4,7-8,11,20-21H2,1H3. The molecule has 1 heterocycles. The Morgan fingerprint density at radius 2 is 1.59 bits per heavy atom. The van der Waals surface area contributed by atoms with Gasteiger partial charge in [0, 0.05) is 24.2 Å². The zero-order valence-electron chi connectivity index (χ0n) is 18.7. The highest BCUT2D eigenvalue weighted by Gasteiger charge is 2.20. The molecule has 0 spiro atoms. The number of ether oxygens (including phenoxy) is 1. The third kappa shape index (κ3) is 5.44. The number of ketones is 1. The van der Waals surface area contributed by atoms with Crippen molar-refractivity contribution in [1.29, 1.82) is 0 Å². The molecule has 3 aromatic carbocycles. The molecule has 0 aliphatic carbocycles. The first kappa shape index (κ1) is 21.8. The van der Waals surface area contributed by atoms with E-state index in [4.69, 9.17) is 9.73 Å². The molecule has 0 saturated heterocycles. The number of anilines is 1. The normalized spacial score (nSPS) is 13.7. The van der Waals surface area contributed by atoms with Gasteiger partial charge in [-0.1, -0.05) is 61.0 Å². The monoisotopic (exact) mass is 426 g/mol. The second kappa shape index (κ2) is 10.8. The lowest BCUT2D eigenvalue weighted by Crippen LogP contribution is -2.36. The Hall–Kier alpha value is -3.40. The minimum Gasteiger partial charge on any atom is -0.494 e. The zero-order valence-corrected chi connectivity index (χ0v) is 18.7. The molecule has 4 rings (SSSR count). The second-order valence-corrected chi connectivity index (χ2v) is 7.99. The largest absolute Gasteiger partial charge is 0.494 e. The van der Waals surface area contributed by atoms with Gasteiger partial charge in [-0.3, -0.25) is 9.79 Å². The molecule has 0 aromatic heterocycles. The predicted molar refractivity (Wildman–Crippen MR) is 132 cm³/mol. The molecule has 0 radical (unpaired) electrons. The van der Waals surface area contributed by atoms with Gasteiger partial charge in [0.1, 0.15) is 11.6 Å². The summed E-state index contributed by atoms with van der Waals surface area (Å²) in [7, 11) is 0. The Labute approximate surface area is 190 Å². The molecule has 164 valence electrons. The van der Waals surface area contributed by atoms with Crippen LogP contribution in [0.15, 0.2) is 83.9 Å². The fourth-order valence-electron chi connectivity index (χ4n) is 4.01. The van der Waals surface area contributed by atoms with Crippen LogP contribution >= 0.6 is 0 Å². The third-order valence-corrected chi connectivity index (χ3v) is 5.74. The fraction of sp³-hybridized carbons (Fsp3) is 0.286. The van der Waals surface area contributed by atoms with Gasteiger partial charge in [-0.15, -0.1) is 0 Å². The van der Waals surface area contributed by atoms with E-state index >= 15 is 0 Å². The highest BCUT2D eigenvalue weighted by Crippen LogP contribution is 2.24. The van der Waals surface area contributed by atoms with Crippen LogP contribution in [0.4, 0.5) is 5.69 Å². The van der Waals surface area contributed by atoms with Crippen molar-refractivity contribution < 1.29 is 9.53 Å². The molecule has 0 N–H and O–H groups in total. The Morgan fingerprint density at radius 3 is 2.31 bits per heavy atom. The van der Waals surface area contributed by atoms with Crippen molar-refractivity contribution >= 4 is 17.3 Å². The van der Waals surface area contributed by atoms with Crippen molar-refractivity contribution in [3.05, 3.63) is 84.4 Å². The summed E-state index contributed by atoms with van der Waals surface area (Å²) in [6.07, 6.45) is 4.29. The lowest BCUT2D eigenvalue weighted by Gasteiger charge is -2.26. The topological polar surface area (TPSA) is 41.9 Å². The van der Waals surface area contributed by atoms with Crippen molar-refractivity contribution in [2.24, 2.45) is 4.99 Å². The minimum absolute atomic E-state index is 0.0884. The number of benzene rings is 3. The molecule has 32 heavy (non-hydrogen) atoms. The molecule has 0 saturated carbocycles. The molecule has 1 aliphatic rings. The van der Waals surface area contributed by atoms with Gasteiger partial charge in [0.05, 0.1) is 13.2 Å². The summed E-state index contributed by atoms with van der Waals surface area (Å²) in [6.45, 7) is 3.70. The van der Waals surface area contributed by atoms with Gasteiger partial charge < -0.3 is 9.64 Å². The number of Topliss-reactive ketones (excluding diaryl/α,β-unsaturated/α-hetero) is 1. The first-order chi connectivity index (χ1) is 15.7. The number of rotatable bonds is 7. The molecule has 4 heteroatoms. The Bertz CT molecular complexity index is 1040. The lowest BCUT2D eigenvalue weighted by atomic mass is 10.0. The quantitative estimate of drug-likeness (QED) is 0.410. The summed E-state index contributed by atoms with van der Waals surface area (Å²) >= 11 is 0. The van der Waals surface area contributed by atoms with Crippen molar-refractivity contribution in [2.45, 2.75) is 32.6 Å². The van der Waals surface area contributed by atoms with Crippen molar-refractivity contribution in [2.75, 3.05) is 24.6 Å². The molecule has 4 nitrogen and oxygen atoms in total. The van der Waals surface area contributed by atoms with Crippen LogP contribution in [0.25, 0.3) is 11.1 Å². The van der Waals surface area contributed by atoms with Crippen LogP contribution in [-0.2, 0) is 0 Å². The maximum atomic E-state index is 13.3.